The molecule has 1 unspecified atom stereocenters. The normalized spacial score (nSPS) is 13.5. The molecule has 0 aliphatic rings. The molecule has 1 rings (SSSR count). The summed E-state index contributed by atoms with van der Waals surface area (Å²) in [5, 5.41) is 19.0. The number of halogens is 6. The van der Waals surface area contributed by atoms with Crippen molar-refractivity contribution in [3.05, 3.63) is 28.3 Å². The highest BCUT2D eigenvalue weighted by Crippen LogP contribution is 2.38. The van der Waals surface area contributed by atoms with E-state index in [1.54, 1.807) is 0 Å². The van der Waals surface area contributed by atoms with Crippen LogP contribution >= 0.6 is 11.6 Å². The number of hydrogen-bond donors (Lipinski definition) is 3. The summed E-state index contributed by atoms with van der Waals surface area (Å²) in [5.41, 5.74) is -2.53. The van der Waals surface area contributed by atoms with Gasteiger partial charge in [0.15, 0.2) is 11.6 Å². The van der Waals surface area contributed by atoms with Crippen molar-refractivity contribution >= 4 is 17.3 Å². The Morgan fingerprint density at radius 1 is 1.26 bits per heavy atom. The first kappa shape index (κ1) is 15.9. The summed E-state index contributed by atoms with van der Waals surface area (Å²) < 4.78 is 63.7. The van der Waals surface area contributed by atoms with Crippen molar-refractivity contribution < 1.29 is 32.2 Å². The van der Waals surface area contributed by atoms with Crippen molar-refractivity contribution in [3.8, 4) is 0 Å². The Balaban J connectivity index is 3.12. The molecule has 1 aromatic rings. The first-order valence-corrected chi connectivity index (χ1v) is 5.33. The third-order valence-corrected chi connectivity index (χ3v) is 2.49. The maximum absolute atomic E-state index is 13.4. The molecule has 9 heteroatoms. The van der Waals surface area contributed by atoms with Crippen LogP contribution in [0.15, 0.2) is 6.07 Å². The highest BCUT2D eigenvalue weighted by atomic mass is 35.5. The number of alkyl halides is 3. The smallest absolute Gasteiger partial charge is 0.394 e. The van der Waals surface area contributed by atoms with Crippen LogP contribution in [0.1, 0.15) is 5.56 Å². The average molecular weight is 306 g/mol. The Bertz CT molecular complexity index is 466. The van der Waals surface area contributed by atoms with Gasteiger partial charge in [0, 0.05) is 6.54 Å². The monoisotopic (exact) mass is 305 g/mol. The van der Waals surface area contributed by atoms with Gasteiger partial charge in [0.25, 0.3) is 0 Å². The van der Waals surface area contributed by atoms with E-state index in [-0.39, 0.29) is 6.07 Å². The zero-order valence-electron chi connectivity index (χ0n) is 9.23. The van der Waals surface area contributed by atoms with Crippen molar-refractivity contribution in [2.75, 3.05) is 18.5 Å². The second-order valence-corrected chi connectivity index (χ2v) is 4.03. The highest BCUT2D eigenvalue weighted by molar-refractivity contribution is 6.33. The van der Waals surface area contributed by atoms with E-state index in [0.29, 0.717) is 0 Å². The number of aliphatic hydroxyl groups is 2. The average Bonchev–Trinajstić information content (AvgIpc) is 2.31. The minimum atomic E-state index is -5.07. The van der Waals surface area contributed by atoms with Gasteiger partial charge in [-0.1, -0.05) is 11.6 Å². The van der Waals surface area contributed by atoms with Crippen molar-refractivity contribution in [3.63, 3.8) is 0 Å². The first-order chi connectivity index (χ1) is 8.68. The zero-order valence-corrected chi connectivity index (χ0v) is 9.99. The number of rotatable bonds is 4. The number of anilines is 1. The third-order valence-electron chi connectivity index (χ3n) is 2.19. The molecule has 0 saturated carbocycles. The molecule has 0 radical (unpaired) electrons. The van der Waals surface area contributed by atoms with Crippen LogP contribution in [0.3, 0.4) is 0 Å². The molecule has 3 nitrogen and oxygen atoms in total. The molecule has 0 aliphatic carbocycles. The lowest BCUT2D eigenvalue weighted by atomic mass is 10.1. The van der Waals surface area contributed by atoms with E-state index in [9.17, 15) is 22.0 Å². The van der Waals surface area contributed by atoms with Crippen LogP contribution in [0.25, 0.3) is 0 Å². The molecular weight excluding hydrogens is 297 g/mol. The van der Waals surface area contributed by atoms with Gasteiger partial charge in [0.1, 0.15) is 0 Å². The van der Waals surface area contributed by atoms with Crippen LogP contribution < -0.4 is 5.32 Å². The van der Waals surface area contributed by atoms with E-state index >= 15 is 0 Å². The summed E-state index contributed by atoms with van der Waals surface area (Å²) in [7, 11) is 0. The van der Waals surface area contributed by atoms with Crippen molar-refractivity contribution in [2.24, 2.45) is 0 Å². The lowest BCUT2D eigenvalue weighted by molar-refractivity contribution is -0.140. The van der Waals surface area contributed by atoms with E-state index in [2.05, 4.69) is 5.32 Å². The van der Waals surface area contributed by atoms with Crippen LogP contribution in [0.4, 0.5) is 27.6 Å². The lowest BCUT2D eigenvalue weighted by Gasteiger charge is -2.15. The van der Waals surface area contributed by atoms with Gasteiger partial charge in [-0.2, -0.15) is 13.2 Å². The van der Waals surface area contributed by atoms with Gasteiger partial charge in [0.2, 0.25) is 0 Å². The molecule has 108 valence electrons. The maximum atomic E-state index is 13.4. The Morgan fingerprint density at radius 3 is 2.32 bits per heavy atom. The fourth-order valence-electron chi connectivity index (χ4n) is 1.25. The summed E-state index contributed by atoms with van der Waals surface area (Å²) in [6.45, 7) is -1.06. The van der Waals surface area contributed by atoms with E-state index in [4.69, 9.17) is 21.8 Å². The summed E-state index contributed by atoms with van der Waals surface area (Å²) in [5.74, 6) is -3.89. The molecule has 0 aliphatic heterocycles. The Morgan fingerprint density at radius 2 is 1.84 bits per heavy atom. The summed E-state index contributed by atoms with van der Waals surface area (Å²) in [6.07, 6.45) is -6.36. The summed E-state index contributed by atoms with van der Waals surface area (Å²) >= 11 is 5.43. The van der Waals surface area contributed by atoms with E-state index < -0.39 is 53.3 Å². The zero-order chi connectivity index (χ0) is 14.8. The van der Waals surface area contributed by atoms with Gasteiger partial charge in [-0.3, -0.25) is 0 Å². The second-order valence-electron chi connectivity index (χ2n) is 3.62. The first-order valence-electron chi connectivity index (χ1n) is 4.96. The standard InChI is InChI=1S/C10H9ClF5NO2/c11-6-1-5(10(14,15)16)7(12)8(13)9(6)17-2-4(19)3-18/h1,4,17-19H,2-3H2. The van der Waals surface area contributed by atoms with Gasteiger partial charge in [0.05, 0.1) is 29.0 Å². The van der Waals surface area contributed by atoms with Gasteiger partial charge < -0.3 is 15.5 Å². The largest absolute Gasteiger partial charge is 0.419 e. The van der Waals surface area contributed by atoms with Crippen LogP contribution in [-0.2, 0) is 6.18 Å². The number of benzene rings is 1. The maximum Gasteiger partial charge on any atom is 0.419 e. The molecule has 0 fully saturated rings. The molecule has 0 spiro atoms. The molecule has 0 heterocycles. The number of aliphatic hydroxyl groups excluding tert-OH is 2. The number of nitrogens with one attached hydrogen (secondary N) is 1. The molecule has 19 heavy (non-hydrogen) atoms. The number of hydrogen-bond acceptors (Lipinski definition) is 3. The lowest BCUT2D eigenvalue weighted by Crippen LogP contribution is -2.24. The van der Waals surface area contributed by atoms with Crippen LogP contribution in [0, 0.1) is 11.6 Å². The summed E-state index contributed by atoms with van der Waals surface area (Å²) in [6, 6.07) is 0.244. The quantitative estimate of drug-likeness (QED) is 0.591. The van der Waals surface area contributed by atoms with Gasteiger partial charge in [-0.05, 0) is 6.07 Å². The van der Waals surface area contributed by atoms with E-state index in [0.717, 1.165) is 0 Å². The van der Waals surface area contributed by atoms with Gasteiger partial charge in [-0.25, -0.2) is 8.78 Å². The van der Waals surface area contributed by atoms with Crippen molar-refractivity contribution in [1.29, 1.82) is 0 Å². The third kappa shape index (κ3) is 3.68. The Kier molecular flexibility index (Phi) is 4.94. The fraction of sp³-hybridized carbons (Fsp3) is 0.400. The fourth-order valence-corrected chi connectivity index (χ4v) is 1.51. The Hall–Kier alpha value is -1.12. The van der Waals surface area contributed by atoms with E-state index in [1.165, 1.54) is 0 Å². The van der Waals surface area contributed by atoms with E-state index in [1.807, 2.05) is 0 Å². The molecule has 0 amide bonds. The molecule has 3 N–H and O–H groups in total. The summed E-state index contributed by atoms with van der Waals surface area (Å²) in [4.78, 5) is 0. The predicted molar refractivity (Wildman–Crippen MR) is 58.0 cm³/mol. The minimum absolute atomic E-state index is 0.244. The highest BCUT2D eigenvalue weighted by Gasteiger charge is 2.37. The van der Waals surface area contributed by atoms with Gasteiger partial charge in [-0.15, -0.1) is 0 Å². The predicted octanol–water partition coefficient (Wildman–Crippen LogP) is 2.40. The second kappa shape index (κ2) is 5.89. The van der Waals surface area contributed by atoms with Gasteiger partial charge >= 0.3 is 6.18 Å². The SMILES string of the molecule is OCC(O)CNc1c(Cl)cc(C(F)(F)F)c(F)c1F. The van der Waals surface area contributed by atoms with Crippen molar-refractivity contribution in [2.45, 2.75) is 12.3 Å². The molecular formula is C10H9ClF5NO2. The Labute approximate surface area is 109 Å². The molecule has 0 bridgehead atoms. The van der Waals surface area contributed by atoms with Crippen LogP contribution in [0.2, 0.25) is 5.02 Å². The topological polar surface area (TPSA) is 52.5 Å². The minimum Gasteiger partial charge on any atom is -0.394 e. The van der Waals surface area contributed by atoms with Crippen LogP contribution in [-0.4, -0.2) is 29.5 Å². The van der Waals surface area contributed by atoms with Crippen LogP contribution in [0.5, 0.6) is 0 Å². The molecule has 1 atom stereocenters. The molecule has 1 aromatic carbocycles. The van der Waals surface area contributed by atoms with Crippen molar-refractivity contribution in [1.82, 2.24) is 0 Å². The molecule has 0 aromatic heterocycles. The molecule has 0 saturated heterocycles.